The van der Waals surface area contributed by atoms with Gasteiger partial charge in [-0.05, 0) is 30.7 Å². The molecule has 2 aromatic carbocycles. The SMILES string of the molecule is CC(=O)c1ccc(N2CCN(C(C(=O)N(C)C)c3ccccc3)CC2)c(F)c1. The molecule has 1 aliphatic heterocycles. The van der Waals surface area contributed by atoms with E-state index in [0.717, 1.165) is 5.56 Å². The lowest BCUT2D eigenvalue weighted by molar-refractivity contribution is -0.134. The summed E-state index contributed by atoms with van der Waals surface area (Å²) in [5, 5.41) is 0. The number of amides is 1. The lowest BCUT2D eigenvalue weighted by atomic mass is 10.0. The van der Waals surface area contributed by atoms with Gasteiger partial charge in [0.1, 0.15) is 11.9 Å². The molecule has 1 amide bonds. The van der Waals surface area contributed by atoms with E-state index in [1.807, 2.05) is 35.2 Å². The van der Waals surface area contributed by atoms with Gasteiger partial charge in [0.25, 0.3) is 0 Å². The van der Waals surface area contributed by atoms with Gasteiger partial charge in [0.05, 0.1) is 5.69 Å². The zero-order valence-electron chi connectivity index (χ0n) is 16.6. The number of nitrogens with zero attached hydrogens (tertiary/aromatic N) is 3. The number of hydrogen-bond acceptors (Lipinski definition) is 4. The summed E-state index contributed by atoms with van der Waals surface area (Å²) < 4.78 is 14.5. The molecule has 1 unspecified atom stereocenters. The summed E-state index contributed by atoms with van der Waals surface area (Å²) in [6, 6.07) is 14.0. The zero-order chi connectivity index (χ0) is 20.3. The van der Waals surface area contributed by atoms with E-state index in [-0.39, 0.29) is 23.5 Å². The topological polar surface area (TPSA) is 43.9 Å². The number of halogens is 1. The Morgan fingerprint density at radius 1 is 1.00 bits per heavy atom. The van der Waals surface area contributed by atoms with E-state index in [9.17, 15) is 14.0 Å². The average molecular weight is 383 g/mol. The number of piperazine rings is 1. The maximum Gasteiger partial charge on any atom is 0.244 e. The Kier molecular flexibility index (Phi) is 6.09. The highest BCUT2D eigenvalue weighted by Crippen LogP contribution is 2.27. The van der Waals surface area contributed by atoms with Crippen molar-refractivity contribution in [1.82, 2.24) is 9.80 Å². The molecule has 1 saturated heterocycles. The molecular weight excluding hydrogens is 357 g/mol. The van der Waals surface area contributed by atoms with Crippen LogP contribution in [0.4, 0.5) is 10.1 Å². The molecular formula is C22H26FN3O2. The lowest BCUT2D eigenvalue weighted by Crippen LogP contribution is -2.51. The highest BCUT2D eigenvalue weighted by molar-refractivity contribution is 5.94. The number of benzene rings is 2. The summed E-state index contributed by atoms with van der Waals surface area (Å²) in [5.41, 5.74) is 1.84. The van der Waals surface area contributed by atoms with E-state index >= 15 is 0 Å². The third-order valence-corrected chi connectivity index (χ3v) is 5.16. The van der Waals surface area contributed by atoms with Gasteiger partial charge in [-0.15, -0.1) is 0 Å². The third-order valence-electron chi connectivity index (χ3n) is 5.16. The van der Waals surface area contributed by atoms with Gasteiger partial charge in [-0.2, -0.15) is 0 Å². The molecule has 1 atom stereocenters. The van der Waals surface area contributed by atoms with Crippen molar-refractivity contribution in [3.05, 3.63) is 65.5 Å². The highest BCUT2D eigenvalue weighted by atomic mass is 19.1. The summed E-state index contributed by atoms with van der Waals surface area (Å²) in [6.45, 7) is 3.94. The van der Waals surface area contributed by atoms with Crippen molar-refractivity contribution in [2.75, 3.05) is 45.2 Å². The number of carbonyl (C=O) groups excluding carboxylic acids is 2. The average Bonchev–Trinajstić information content (AvgIpc) is 2.69. The van der Waals surface area contributed by atoms with Crippen LogP contribution < -0.4 is 4.90 Å². The predicted molar refractivity (Wildman–Crippen MR) is 108 cm³/mol. The molecule has 28 heavy (non-hydrogen) atoms. The molecule has 0 spiro atoms. The van der Waals surface area contributed by atoms with Crippen LogP contribution in [-0.2, 0) is 4.79 Å². The summed E-state index contributed by atoms with van der Waals surface area (Å²) in [4.78, 5) is 30.0. The van der Waals surface area contributed by atoms with E-state index in [1.54, 1.807) is 31.1 Å². The normalized spacial score (nSPS) is 15.9. The van der Waals surface area contributed by atoms with Crippen LogP contribution in [0.2, 0.25) is 0 Å². The highest BCUT2D eigenvalue weighted by Gasteiger charge is 2.31. The fourth-order valence-corrected chi connectivity index (χ4v) is 3.59. The summed E-state index contributed by atoms with van der Waals surface area (Å²) in [7, 11) is 3.53. The van der Waals surface area contributed by atoms with E-state index in [0.29, 0.717) is 37.4 Å². The van der Waals surface area contributed by atoms with Gasteiger partial charge in [-0.1, -0.05) is 30.3 Å². The van der Waals surface area contributed by atoms with Crippen LogP contribution in [0.25, 0.3) is 0 Å². The third kappa shape index (κ3) is 4.22. The van der Waals surface area contributed by atoms with Crippen molar-refractivity contribution < 1.29 is 14.0 Å². The molecule has 3 rings (SSSR count). The molecule has 5 nitrogen and oxygen atoms in total. The van der Waals surface area contributed by atoms with Gasteiger partial charge in [0.15, 0.2) is 5.78 Å². The molecule has 0 aliphatic carbocycles. The minimum Gasteiger partial charge on any atom is -0.367 e. The molecule has 0 saturated carbocycles. The summed E-state index contributed by atoms with van der Waals surface area (Å²) in [6.07, 6.45) is 0. The molecule has 0 bridgehead atoms. The van der Waals surface area contributed by atoms with Gasteiger partial charge in [-0.3, -0.25) is 14.5 Å². The van der Waals surface area contributed by atoms with Crippen molar-refractivity contribution in [2.24, 2.45) is 0 Å². The fourth-order valence-electron chi connectivity index (χ4n) is 3.59. The Bertz CT molecular complexity index is 846. The van der Waals surface area contributed by atoms with E-state index < -0.39 is 0 Å². The first-order valence-corrected chi connectivity index (χ1v) is 9.44. The number of anilines is 1. The van der Waals surface area contributed by atoms with Crippen molar-refractivity contribution in [3.8, 4) is 0 Å². The standard InChI is InChI=1S/C22H26FN3O2/c1-16(27)18-9-10-20(19(23)15-18)25-11-13-26(14-12-25)21(22(28)24(2)3)17-7-5-4-6-8-17/h4-10,15,21H,11-14H2,1-3H3. The minimum atomic E-state index is -0.384. The number of Topliss-reactive ketones (excluding diaryl/α,β-unsaturated/α-hetero) is 1. The van der Waals surface area contributed by atoms with Gasteiger partial charge in [0.2, 0.25) is 5.91 Å². The Morgan fingerprint density at radius 2 is 1.64 bits per heavy atom. The second kappa shape index (κ2) is 8.52. The molecule has 0 N–H and O–H groups in total. The van der Waals surface area contributed by atoms with E-state index in [4.69, 9.17) is 0 Å². The fraction of sp³-hybridized carbons (Fsp3) is 0.364. The number of ketones is 1. The minimum absolute atomic E-state index is 0.0386. The van der Waals surface area contributed by atoms with Crippen molar-refractivity contribution in [2.45, 2.75) is 13.0 Å². The maximum atomic E-state index is 14.5. The number of rotatable bonds is 5. The zero-order valence-corrected chi connectivity index (χ0v) is 16.6. The largest absolute Gasteiger partial charge is 0.367 e. The van der Waals surface area contributed by atoms with Crippen molar-refractivity contribution >= 4 is 17.4 Å². The Labute approximate surface area is 165 Å². The number of likely N-dealkylation sites (N-methyl/N-ethyl adjacent to an activating group) is 1. The van der Waals surface area contributed by atoms with Crippen LogP contribution in [0.5, 0.6) is 0 Å². The lowest BCUT2D eigenvalue weighted by Gasteiger charge is -2.40. The molecule has 1 heterocycles. The quantitative estimate of drug-likeness (QED) is 0.745. The van der Waals surface area contributed by atoms with Crippen LogP contribution in [0.1, 0.15) is 28.9 Å². The molecule has 6 heteroatoms. The molecule has 2 aromatic rings. The van der Waals surface area contributed by atoms with Crippen LogP contribution in [-0.4, -0.2) is 61.8 Å². The van der Waals surface area contributed by atoms with E-state index in [2.05, 4.69) is 4.90 Å². The molecule has 148 valence electrons. The van der Waals surface area contributed by atoms with Gasteiger partial charge in [-0.25, -0.2) is 4.39 Å². The van der Waals surface area contributed by atoms with Crippen LogP contribution in [0, 0.1) is 5.82 Å². The van der Waals surface area contributed by atoms with Crippen molar-refractivity contribution in [1.29, 1.82) is 0 Å². The Balaban J connectivity index is 1.76. The second-order valence-corrected chi connectivity index (χ2v) is 7.29. The molecule has 0 radical (unpaired) electrons. The maximum absolute atomic E-state index is 14.5. The monoisotopic (exact) mass is 383 g/mol. The van der Waals surface area contributed by atoms with Crippen molar-refractivity contribution in [3.63, 3.8) is 0 Å². The van der Waals surface area contributed by atoms with Crippen LogP contribution in [0.15, 0.2) is 48.5 Å². The summed E-state index contributed by atoms with van der Waals surface area (Å²) in [5.74, 6) is -0.495. The van der Waals surface area contributed by atoms with Gasteiger partial charge < -0.3 is 9.80 Å². The molecule has 1 aliphatic rings. The second-order valence-electron chi connectivity index (χ2n) is 7.29. The first-order chi connectivity index (χ1) is 13.4. The van der Waals surface area contributed by atoms with Crippen LogP contribution >= 0.6 is 0 Å². The number of hydrogen-bond donors (Lipinski definition) is 0. The van der Waals surface area contributed by atoms with E-state index in [1.165, 1.54) is 13.0 Å². The predicted octanol–water partition coefficient (Wildman–Crippen LogP) is 2.98. The van der Waals surface area contributed by atoms with Crippen LogP contribution in [0.3, 0.4) is 0 Å². The Hall–Kier alpha value is -2.73. The van der Waals surface area contributed by atoms with Gasteiger partial charge in [0, 0.05) is 45.8 Å². The Morgan fingerprint density at radius 3 is 2.18 bits per heavy atom. The number of carbonyl (C=O) groups is 2. The molecule has 1 fully saturated rings. The summed E-state index contributed by atoms with van der Waals surface area (Å²) >= 11 is 0. The molecule has 0 aromatic heterocycles. The first kappa shape index (κ1) is 20.0. The van der Waals surface area contributed by atoms with Gasteiger partial charge >= 0.3 is 0 Å². The first-order valence-electron chi connectivity index (χ1n) is 9.44. The smallest absolute Gasteiger partial charge is 0.244 e.